The van der Waals surface area contributed by atoms with Gasteiger partial charge in [-0.15, -0.1) is 0 Å². The number of nitrogens with one attached hydrogen (secondary N) is 1. The Morgan fingerprint density at radius 1 is 1.17 bits per heavy atom. The minimum Gasteiger partial charge on any atom is -0.490 e. The van der Waals surface area contributed by atoms with E-state index in [-0.39, 0.29) is 13.4 Å². The molecule has 0 saturated carbocycles. The molecule has 0 radical (unpaired) electrons. The molecule has 2 aromatic rings. The average molecular weight is 380 g/mol. The highest BCUT2D eigenvalue weighted by Gasteiger charge is 2.17. The fourth-order valence-electron chi connectivity index (χ4n) is 2.23. The number of benzene rings is 2. The number of aliphatic hydroxyl groups excluding tert-OH is 1. The molecule has 0 aromatic heterocycles. The van der Waals surface area contributed by atoms with Crippen molar-refractivity contribution in [1.82, 2.24) is 5.32 Å². The third-order valence-corrected chi connectivity index (χ3v) is 4.03. The van der Waals surface area contributed by atoms with Crippen LogP contribution in [0.5, 0.6) is 17.2 Å². The summed E-state index contributed by atoms with van der Waals surface area (Å²) >= 11 is 3.43. The lowest BCUT2D eigenvalue weighted by atomic mass is 10.2. The van der Waals surface area contributed by atoms with Gasteiger partial charge in [0.05, 0.1) is 4.47 Å². The van der Waals surface area contributed by atoms with Crippen molar-refractivity contribution in [2.24, 2.45) is 0 Å². The summed E-state index contributed by atoms with van der Waals surface area (Å²) in [5.41, 5.74) is 1.18. The lowest BCUT2D eigenvalue weighted by Gasteiger charge is -2.14. The standard InChI is InChI=1S/C17H18BrNO4/c18-14-6-16-17(23-11-22-16)7-15(14)21-10-13(20)9-19-8-12-4-2-1-3-5-12/h1-7,13,19-20H,8-11H2. The molecule has 0 amide bonds. The van der Waals surface area contributed by atoms with Crippen molar-refractivity contribution in [3.63, 3.8) is 0 Å². The Morgan fingerprint density at radius 2 is 1.91 bits per heavy atom. The van der Waals surface area contributed by atoms with E-state index in [4.69, 9.17) is 14.2 Å². The third kappa shape index (κ3) is 4.37. The molecule has 1 aliphatic rings. The highest BCUT2D eigenvalue weighted by molar-refractivity contribution is 9.10. The quantitative estimate of drug-likeness (QED) is 0.774. The molecule has 122 valence electrons. The summed E-state index contributed by atoms with van der Waals surface area (Å²) in [6, 6.07) is 13.6. The average Bonchev–Trinajstić information content (AvgIpc) is 3.00. The van der Waals surface area contributed by atoms with Crippen LogP contribution in [0.4, 0.5) is 0 Å². The molecule has 2 N–H and O–H groups in total. The largest absolute Gasteiger partial charge is 0.490 e. The molecule has 1 aliphatic heterocycles. The van der Waals surface area contributed by atoms with E-state index < -0.39 is 6.10 Å². The maximum absolute atomic E-state index is 10.0. The molecule has 5 nitrogen and oxygen atoms in total. The second-order valence-corrected chi connectivity index (χ2v) is 6.07. The minimum atomic E-state index is -0.601. The van der Waals surface area contributed by atoms with Crippen molar-refractivity contribution in [3.8, 4) is 17.2 Å². The third-order valence-electron chi connectivity index (χ3n) is 3.41. The predicted molar refractivity (Wildman–Crippen MR) is 89.9 cm³/mol. The second kappa shape index (κ2) is 7.68. The summed E-state index contributed by atoms with van der Waals surface area (Å²) in [6.45, 7) is 1.58. The van der Waals surface area contributed by atoms with Crippen molar-refractivity contribution in [2.45, 2.75) is 12.6 Å². The summed E-state index contributed by atoms with van der Waals surface area (Å²) in [4.78, 5) is 0. The van der Waals surface area contributed by atoms with Gasteiger partial charge in [-0.25, -0.2) is 0 Å². The number of hydrogen-bond acceptors (Lipinski definition) is 5. The maximum Gasteiger partial charge on any atom is 0.231 e. The molecule has 6 heteroatoms. The summed E-state index contributed by atoms with van der Waals surface area (Å²) in [7, 11) is 0. The summed E-state index contributed by atoms with van der Waals surface area (Å²) in [5.74, 6) is 1.96. The van der Waals surface area contributed by atoms with E-state index in [1.807, 2.05) is 30.3 Å². The predicted octanol–water partition coefficient (Wildman–Crippen LogP) is 2.71. The van der Waals surface area contributed by atoms with Gasteiger partial charge >= 0.3 is 0 Å². The highest BCUT2D eigenvalue weighted by Crippen LogP contribution is 2.40. The monoisotopic (exact) mass is 379 g/mol. The van der Waals surface area contributed by atoms with Gasteiger partial charge in [-0.3, -0.25) is 0 Å². The summed E-state index contributed by atoms with van der Waals surface area (Å²) < 4.78 is 17.0. The molecule has 0 fully saturated rings. The number of fused-ring (bicyclic) bond motifs is 1. The number of rotatable bonds is 7. The van der Waals surface area contributed by atoms with Crippen LogP contribution >= 0.6 is 15.9 Å². The van der Waals surface area contributed by atoms with E-state index in [2.05, 4.69) is 21.2 Å². The van der Waals surface area contributed by atoms with Crippen LogP contribution in [0.1, 0.15) is 5.56 Å². The van der Waals surface area contributed by atoms with Crippen LogP contribution in [0.25, 0.3) is 0 Å². The number of aliphatic hydroxyl groups is 1. The maximum atomic E-state index is 10.0. The van der Waals surface area contributed by atoms with E-state index in [0.717, 1.165) is 4.47 Å². The minimum absolute atomic E-state index is 0.194. The van der Waals surface area contributed by atoms with Crippen molar-refractivity contribution in [2.75, 3.05) is 19.9 Å². The van der Waals surface area contributed by atoms with Gasteiger partial charge < -0.3 is 24.6 Å². The van der Waals surface area contributed by atoms with E-state index in [1.54, 1.807) is 12.1 Å². The lowest BCUT2D eigenvalue weighted by molar-refractivity contribution is 0.105. The van der Waals surface area contributed by atoms with Gasteiger partial charge in [0.2, 0.25) is 6.79 Å². The molecule has 0 saturated heterocycles. The highest BCUT2D eigenvalue weighted by atomic mass is 79.9. The van der Waals surface area contributed by atoms with Gasteiger partial charge in [0, 0.05) is 25.2 Å². The number of halogens is 1. The Kier molecular flexibility index (Phi) is 5.38. The van der Waals surface area contributed by atoms with Gasteiger partial charge in [0.15, 0.2) is 11.5 Å². The van der Waals surface area contributed by atoms with Crippen LogP contribution in [-0.4, -0.2) is 31.2 Å². The molecule has 1 unspecified atom stereocenters. The van der Waals surface area contributed by atoms with Gasteiger partial charge in [-0.05, 0) is 21.5 Å². The second-order valence-electron chi connectivity index (χ2n) is 5.22. The SMILES string of the molecule is OC(CNCc1ccccc1)COc1cc2c(cc1Br)OCO2. The fourth-order valence-corrected chi connectivity index (χ4v) is 2.67. The van der Waals surface area contributed by atoms with Gasteiger partial charge in [-0.2, -0.15) is 0 Å². The molecule has 1 atom stereocenters. The zero-order valence-electron chi connectivity index (χ0n) is 12.5. The first-order valence-corrected chi connectivity index (χ1v) is 8.16. The van der Waals surface area contributed by atoms with Crippen molar-refractivity contribution in [3.05, 3.63) is 52.5 Å². The molecule has 3 rings (SSSR count). The van der Waals surface area contributed by atoms with Crippen LogP contribution in [0.15, 0.2) is 46.9 Å². The molecule has 1 heterocycles. The van der Waals surface area contributed by atoms with Crippen molar-refractivity contribution < 1.29 is 19.3 Å². The van der Waals surface area contributed by atoms with Crippen LogP contribution in [-0.2, 0) is 6.54 Å². The Balaban J connectivity index is 1.45. The van der Waals surface area contributed by atoms with E-state index in [1.165, 1.54) is 5.56 Å². The van der Waals surface area contributed by atoms with E-state index in [9.17, 15) is 5.11 Å². The normalized spacial score (nSPS) is 13.8. The first-order valence-electron chi connectivity index (χ1n) is 7.37. The molecule has 0 aliphatic carbocycles. The Labute approximate surface area is 143 Å². The molecule has 0 spiro atoms. The van der Waals surface area contributed by atoms with Crippen molar-refractivity contribution >= 4 is 15.9 Å². The van der Waals surface area contributed by atoms with E-state index >= 15 is 0 Å². The first kappa shape index (κ1) is 16.1. The smallest absolute Gasteiger partial charge is 0.231 e. The van der Waals surface area contributed by atoms with Gasteiger partial charge in [-0.1, -0.05) is 30.3 Å². The van der Waals surface area contributed by atoms with Gasteiger partial charge in [0.1, 0.15) is 18.5 Å². The number of hydrogen-bond donors (Lipinski definition) is 2. The Morgan fingerprint density at radius 3 is 2.70 bits per heavy atom. The number of ether oxygens (including phenoxy) is 3. The molecular weight excluding hydrogens is 362 g/mol. The Bertz CT molecular complexity index is 651. The van der Waals surface area contributed by atoms with Crippen LogP contribution in [0.2, 0.25) is 0 Å². The Hall–Kier alpha value is -1.76. The summed E-state index contributed by atoms with van der Waals surface area (Å²) in [6.07, 6.45) is -0.601. The zero-order chi connectivity index (χ0) is 16.1. The van der Waals surface area contributed by atoms with Crippen molar-refractivity contribution in [1.29, 1.82) is 0 Å². The van der Waals surface area contributed by atoms with E-state index in [0.29, 0.717) is 30.3 Å². The molecule has 2 aromatic carbocycles. The zero-order valence-corrected chi connectivity index (χ0v) is 14.1. The van der Waals surface area contributed by atoms with Crippen LogP contribution < -0.4 is 19.5 Å². The van der Waals surface area contributed by atoms with Crippen LogP contribution in [0.3, 0.4) is 0 Å². The lowest BCUT2D eigenvalue weighted by Crippen LogP contribution is -2.31. The first-order chi connectivity index (χ1) is 11.2. The van der Waals surface area contributed by atoms with Crippen LogP contribution in [0, 0.1) is 0 Å². The van der Waals surface area contributed by atoms with Gasteiger partial charge in [0.25, 0.3) is 0 Å². The molecular formula is C17H18BrNO4. The molecule has 23 heavy (non-hydrogen) atoms. The summed E-state index contributed by atoms with van der Waals surface area (Å²) in [5, 5.41) is 13.2. The fraction of sp³-hybridized carbons (Fsp3) is 0.294. The topological polar surface area (TPSA) is 60.0 Å². The molecule has 0 bridgehead atoms.